The van der Waals surface area contributed by atoms with E-state index < -0.39 is 22.5 Å². The number of alkyl halides is 3. The molecular weight excluding hydrogens is 281 g/mol. The molecular formula is C10H9F3N4OS. The highest BCUT2D eigenvalue weighted by Gasteiger charge is 2.31. The van der Waals surface area contributed by atoms with Crippen LogP contribution < -0.4 is 0 Å². The lowest BCUT2D eigenvalue weighted by molar-refractivity contribution is -0.137. The number of tetrazole rings is 1. The highest BCUT2D eigenvalue weighted by atomic mass is 32.2. The van der Waals surface area contributed by atoms with Gasteiger partial charge in [-0.3, -0.25) is 4.21 Å². The third kappa shape index (κ3) is 2.65. The van der Waals surface area contributed by atoms with E-state index in [2.05, 4.69) is 15.5 Å². The summed E-state index contributed by atoms with van der Waals surface area (Å²) >= 11 is 0. The molecule has 1 aromatic heterocycles. The van der Waals surface area contributed by atoms with Crippen molar-refractivity contribution >= 4 is 10.8 Å². The predicted octanol–water partition coefficient (Wildman–Crippen LogP) is 1.73. The van der Waals surface area contributed by atoms with E-state index in [9.17, 15) is 17.4 Å². The van der Waals surface area contributed by atoms with E-state index in [1.54, 1.807) is 0 Å². The number of benzene rings is 1. The van der Waals surface area contributed by atoms with Crippen LogP contribution in [0.3, 0.4) is 0 Å². The number of aryl methyl sites for hydroxylation is 1. The zero-order valence-corrected chi connectivity index (χ0v) is 10.8. The van der Waals surface area contributed by atoms with Gasteiger partial charge in [-0.25, -0.2) is 0 Å². The third-order valence-electron chi connectivity index (χ3n) is 2.45. The SMILES string of the molecule is Cc1cc(C(F)(F)F)ccc1-n1nnnc1S(C)=O. The van der Waals surface area contributed by atoms with E-state index in [1.165, 1.54) is 23.9 Å². The number of rotatable bonds is 2. The van der Waals surface area contributed by atoms with Crippen molar-refractivity contribution in [3.05, 3.63) is 29.3 Å². The lowest BCUT2D eigenvalue weighted by Gasteiger charge is -2.11. The molecule has 0 saturated carbocycles. The Morgan fingerprint density at radius 2 is 2.00 bits per heavy atom. The molecule has 0 aliphatic heterocycles. The normalized spacial score (nSPS) is 13.5. The van der Waals surface area contributed by atoms with Gasteiger partial charge in [0.05, 0.1) is 22.1 Å². The topological polar surface area (TPSA) is 60.7 Å². The molecule has 0 saturated heterocycles. The first-order chi connectivity index (χ1) is 8.80. The van der Waals surface area contributed by atoms with Gasteiger partial charge in [-0.2, -0.15) is 17.9 Å². The van der Waals surface area contributed by atoms with Crippen LogP contribution in [0.25, 0.3) is 5.69 Å². The summed E-state index contributed by atoms with van der Waals surface area (Å²) in [5.41, 5.74) is -0.0435. The fourth-order valence-electron chi connectivity index (χ4n) is 1.58. The molecule has 0 bridgehead atoms. The van der Waals surface area contributed by atoms with Crippen molar-refractivity contribution in [1.29, 1.82) is 0 Å². The summed E-state index contributed by atoms with van der Waals surface area (Å²) < 4.78 is 50.2. The van der Waals surface area contributed by atoms with E-state index in [0.29, 0.717) is 11.3 Å². The van der Waals surface area contributed by atoms with Crippen LogP contribution in [0.1, 0.15) is 11.1 Å². The average Bonchev–Trinajstić information content (AvgIpc) is 2.76. The number of nitrogens with zero attached hydrogens (tertiary/aromatic N) is 4. The van der Waals surface area contributed by atoms with Crippen LogP contribution in [-0.4, -0.2) is 30.7 Å². The molecule has 1 atom stereocenters. The minimum absolute atomic E-state index is 0.0860. The maximum Gasteiger partial charge on any atom is 0.416 e. The molecule has 19 heavy (non-hydrogen) atoms. The second kappa shape index (κ2) is 4.72. The largest absolute Gasteiger partial charge is 0.416 e. The summed E-state index contributed by atoms with van der Waals surface area (Å²) in [6.45, 7) is 1.51. The predicted molar refractivity (Wildman–Crippen MR) is 61.2 cm³/mol. The van der Waals surface area contributed by atoms with Gasteiger partial charge in [0.25, 0.3) is 0 Å². The van der Waals surface area contributed by atoms with Gasteiger partial charge < -0.3 is 0 Å². The fraction of sp³-hybridized carbons (Fsp3) is 0.300. The summed E-state index contributed by atoms with van der Waals surface area (Å²) in [6.07, 6.45) is -3.01. The third-order valence-corrected chi connectivity index (χ3v) is 3.22. The van der Waals surface area contributed by atoms with Crippen LogP contribution in [-0.2, 0) is 17.0 Å². The Balaban J connectivity index is 2.53. The lowest BCUT2D eigenvalue weighted by Crippen LogP contribution is -2.09. The Morgan fingerprint density at radius 3 is 2.53 bits per heavy atom. The van der Waals surface area contributed by atoms with Crippen LogP contribution in [0.5, 0.6) is 0 Å². The first-order valence-corrected chi connectivity index (χ1v) is 6.66. The average molecular weight is 290 g/mol. The van der Waals surface area contributed by atoms with Gasteiger partial charge in [0.15, 0.2) is 0 Å². The summed E-state index contributed by atoms with van der Waals surface area (Å²) in [6, 6.07) is 3.19. The standard InChI is InChI=1S/C10H9F3N4OS/c1-6-5-7(10(11,12)13)3-4-8(6)17-9(19(2)18)14-15-16-17/h3-5H,1-2H3. The highest BCUT2D eigenvalue weighted by molar-refractivity contribution is 7.84. The minimum Gasteiger partial charge on any atom is -0.251 e. The molecule has 0 amide bonds. The van der Waals surface area contributed by atoms with Crippen LogP contribution in [0.2, 0.25) is 0 Å². The molecule has 0 N–H and O–H groups in total. The number of halogens is 3. The maximum atomic E-state index is 12.6. The van der Waals surface area contributed by atoms with E-state index in [4.69, 9.17) is 0 Å². The molecule has 9 heteroatoms. The highest BCUT2D eigenvalue weighted by Crippen LogP contribution is 2.31. The smallest absolute Gasteiger partial charge is 0.251 e. The van der Waals surface area contributed by atoms with Crippen molar-refractivity contribution in [3.63, 3.8) is 0 Å². The quantitative estimate of drug-likeness (QED) is 0.845. The molecule has 0 fully saturated rings. The molecule has 2 rings (SSSR count). The number of hydrogen-bond acceptors (Lipinski definition) is 4. The van der Waals surface area contributed by atoms with Crippen molar-refractivity contribution in [2.45, 2.75) is 18.3 Å². The van der Waals surface area contributed by atoms with Crippen molar-refractivity contribution < 1.29 is 17.4 Å². The molecule has 1 unspecified atom stereocenters. The zero-order valence-electron chi connectivity index (χ0n) is 9.97. The van der Waals surface area contributed by atoms with E-state index in [1.807, 2.05) is 0 Å². The first-order valence-electron chi connectivity index (χ1n) is 5.10. The summed E-state index contributed by atoms with van der Waals surface area (Å²) in [4.78, 5) is 0. The van der Waals surface area contributed by atoms with E-state index in [0.717, 1.165) is 12.1 Å². The van der Waals surface area contributed by atoms with Crippen LogP contribution in [0.15, 0.2) is 23.4 Å². The molecule has 5 nitrogen and oxygen atoms in total. The van der Waals surface area contributed by atoms with Gasteiger partial charge in [0.2, 0.25) is 5.16 Å². The summed E-state index contributed by atoms with van der Waals surface area (Å²) in [7, 11) is -1.44. The molecule has 102 valence electrons. The van der Waals surface area contributed by atoms with Gasteiger partial charge in [-0.15, -0.1) is 0 Å². The number of hydrogen-bond donors (Lipinski definition) is 0. The molecule has 2 aromatic rings. The molecule has 0 spiro atoms. The maximum absolute atomic E-state index is 12.6. The van der Waals surface area contributed by atoms with Gasteiger partial charge in [0, 0.05) is 6.26 Å². The number of aromatic nitrogens is 4. The molecule has 0 radical (unpaired) electrons. The second-order valence-corrected chi connectivity index (χ2v) is 5.10. The van der Waals surface area contributed by atoms with E-state index >= 15 is 0 Å². The fourth-order valence-corrected chi connectivity index (χ4v) is 2.11. The minimum atomic E-state index is -4.40. The van der Waals surface area contributed by atoms with Gasteiger partial charge >= 0.3 is 6.18 Å². The van der Waals surface area contributed by atoms with Crippen molar-refractivity contribution in [2.24, 2.45) is 0 Å². The Morgan fingerprint density at radius 1 is 1.32 bits per heavy atom. The summed E-state index contributed by atoms with van der Waals surface area (Å²) in [5, 5.41) is 10.7. The van der Waals surface area contributed by atoms with Crippen molar-refractivity contribution in [2.75, 3.05) is 6.26 Å². The van der Waals surface area contributed by atoms with Crippen molar-refractivity contribution in [3.8, 4) is 5.69 Å². The molecule has 0 aliphatic rings. The van der Waals surface area contributed by atoms with E-state index in [-0.39, 0.29) is 5.16 Å². The van der Waals surface area contributed by atoms with Gasteiger partial charge in [0.1, 0.15) is 0 Å². The second-order valence-electron chi connectivity index (χ2n) is 3.83. The Hall–Kier alpha value is -1.77. The Bertz CT molecular complexity index is 638. The van der Waals surface area contributed by atoms with Crippen LogP contribution in [0, 0.1) is 6.92 Å². The molecule has 1 heterocycles. The van der Waals surface area contributed by atoms with Crippen molar-refractivity contribution in [1.82, 2.24) is 20.2 Å². The Labute approximate surface area is 108 Å². The Kier molecular flexibility index (Phi) is 3.40. The molecule has 1 aromatic carbocycles. The van der Waals surface area contributed by atoms with Gasteiger partial charge in [-0.1, -0.05) is 5.10 Å². The van der Waals surface area contributed by atoms with Gasteiger partial charge in [-0.05, 0) is 41.1 Å². The lowest BCUT2D eigenvalue weighted by atomic mass is 10.1. The monoisotopic (exact) mass is 290 g/mol. The summed E-state index contributed by atoms with van der Waals surface area (Å²) in [5.74, 6) is 0. The zero-order chi connectivity index (χ0) is 14.2. The molecule has 0 aliphatic carbocycles. The van der Waals surface area contributed by atoms with Crippen LogP contribution in [0.4, 0.5) is 13.2 Å². The van der Waals surface area contributed by atoms with Crippen LogP contribution >= 0.6 is 0 Å². The first kappa shape index (κ1) is 13.7.